The molecule has 1 aromatic carbocycles. The summed E-state index contributed by atoms with van der Waals surface area (Å²) in [7, 11) is -2.66. The fraction of sp³-hybridized carbons (Fsp3) is 0.375. The van der Waals surface area contributed by atoms with Crippen LogP contribution in [0, 0.1) is 0 Å². The zero-order chi connectivity index (χ0) is 16.4. The molecule has 7 heteroatoms. The first-order valence-corrected chi connectivity index (χ1v) is 10.9. The Balaban J connectivity index is 1.83. The van der Waals surface area contributed by atoms with E-state index in [-0.39, 0.29) is 5.91 Å². The molecule has 0 saturated carbocycles. The number of nitrogens with zero attached hydrogens (tertiary/aromatic N) is 2. The van der Waals surface area contributed by atoms with Gasteiger partial charge >= 0.3 is 0 Å². The number of hydrogen-bond donors (Lipinski definition) is 0. The number of rotatable bonds is 3. The summed E-state index contributed by atoms with van der Waals surface area (Å²) in [5, 5.41) is 0.786. The van der Waals surface area contributed by atoms with Crippen LogP contribution < -0.4 is 4.52 Å². The zero-order valence-corrected chi connectivity index (χ0v) is 14.9. The van der Waals surface area contributed by atoms with E-state index in [1.165, 1.54) is 11.8 Å². The van der Waals surface area contributed by atoms with E-state index in [2.05, 4.69) is 9.89 Å². The Morgan fingerprint density at radius 3 is 2.65 bits per heavy atom. The first kappa shape index (κ1) is 16.3. The molecule has 2 heterocycles. The minimum atomic E-state index is -2.66. The van der Waals surface area contributed by atoms with Crippen molar-refractivity contribution in [2.24, 2.45) is 4.99 Å². The topological polar surface area (TPSA) is 59.0 Å². The van der Waals surface area contributed by atoms with E-state index in [1.807, 2.05) is 18.2 Å². The molecular weight excluding hydrogens is 331 g/mol. The summed E-state index contributed by atoms with van der Waals surface area (Å²) in [6.45, 7) is 5.06. The summed E-state index contributed by atoms with van der Waals surface area (Å²) in [6.07, 6.45) is 4.06. The molecular formula is C16H19N2O3PS. The summed E-state index contributed by atoms with van der Waals surface area (Å²) in [5.74, 6) is 0.305. The van der Waals surface area contributed by atoms with Crippen molar-refractivity contribution in [1.29, 1.82) is 0 Å². The largest absolute Gasteiger partial charge is 0.443 e. The van der Waals surface area contributed by atoms with Crippen LogP contribution in [0.1, 0.15) is 18.4 Å². The van der Waals surface area contributed by atoms with Crippen molar-refractivity contribution in [2.75, 3.05) is 26.4 Å². The highest BCUT2D eigenvalue weighted by Gasteiger charge is 2.28. The van der Waals surface area contributed by atoms with Crippen molar-refractivity contribution in [3.63, 3.8) is 0 Å². The second-order valence-electron chi connectivity index (χ2n) is 5.89. The van der Waals surface area contributed by atoms with E-state index in [1.54, 1.807) is 25.5 Å². The number of aliphatic imine (C=N–C) groups is 1. The Morgan fingerprint density at radius 1 is 1.26 bits per heavy atom. The van der Waals surface area contributed by atoms with E-state index in [0.29, 0.717) is 10.7 Å². The molecule has 1 amide bonds. The predicted molar refractivity (Wildman–Crippen MR) is 95.3 cm³/mol. The van der Waals surface area contributed by atoms with Crippen molar-refractivity contribution in [1.82, 2.24) is 4.90 Å². The summed E-state index contributed by atoms with van der Waals surface area (Å²) < 4.78 is 17.5. The highest BCUT2D eigenvalue weighted by atomic mass is 32.2. The Bertz CT molecular complexity index is 733. The maximum Gasteiger partial charge on any atom is 0.286 e. The van der Waals surface area contributed by atoms with Gasteiger partial charge in [0.2, 0.25) is 7.37 Å². The molecule has 0 aromatic heterocycles. The second kappa shape index (κ2) is 6.54. The standard InChI is InChI=1S/C16H19N2O3PS/c1-22(2,20)21-13-8-4-3-7-12(13)11-14-15(19)17-16(23-14)18-9-5-6-10-18/h3-4,7-8,11H,5-6,9-10H2,1-2H3/b14-11-. The monoisotopic (exact) mass is 350 g/mol. The SMILES string of the molecule is CP(C)(=O)Oc1ccccc1/C=C1\SC(N2CCCC2)=NC1=O. The van der Waals surface area contributed by atoms with Crippen molar-refractivity contribution < 1.29 is 13.9 Å². The van der Waals surface area contributed by atoms with Crippen LogP contribution >= 0.6 is 19.1 Å². The molecule has 0 atom stereocenters. The Hall–Kier alpha value is -1.52. The summed E-state index contributed by atoms with van der Waals surface area (Å²) >= 11 is 1.40. The third-order valence-corrected chi connectivity index (χ3v) is 5.19. The van der Waals surface area contributed by atoms with E-state index in [0.717, 1.165) is 36.7 Å². The Labute approximate surface area is 140 Å². The number of thioether (sulfide) groups is 1. The summed E-state index contributed by atoms with van der Waals surface area (Å²) in [5.41, 5.74) is 0.741. The molecule has 0 bridgehead atoms. The molecule has 1 aromatic rings. The molecule has 1 fully saturated rings. The number of carbonyl (C=O) groups excluding carboxylic acids is 1. The zero-order valence-electron chi connectivity index (χ0n) is 13.2. The number of benzene rings is 1. The Kier molecular flexibility index (Phi) is 4.64. The van der Waals surface area contributed by atoms with Gasteiger partial charge in [0, 0.05) is 32.0 Å². The third kappa shape index (κ3) is 4.06. The molecule has 1 saturated heterocycles. The van der Waals surface area contributed by atoms with Gasteiger partial charge in [-0.05, 0) is 36.7 Å². The molecule has 5 nitrogen and oxygen atoms in total. The predicted octanol–water partition coefficient (Wildman–Crippen LogP) is 3.67. The molecule has 2 aliphatic heterocycles. The number of amidine groups is 1. The lowest BCUT2D eigenvalue weighted by Gasteiger charge is -2.15. The van der Waals surface area contributed by atoms with Gasteiger partial charge in [-0.3, -0.25) is 9.36 Å². The maximum atomic E-state index is 12.1. The normalized spacial score (nSPS) is 20.3. The number of hydrogen-bond acceptors (Lipinski definition) is 5. The number of amides is 1. The summed E-state index contributed by atoms with van der Waals surface area (Å²) in [4.78, 5) is 19.0. The van der Waals surface area contributed by atoms with Crippen molar-refractivity contribution in [2.45, 2.75) is 12.8 Å². The average molecular weight is 350 g/mol. The van der Waals surface area contributed by atoms with Crippen molar-refractivity contribution in [3.8, 4) is 5.75 Å². The van der Waals surface area contributed by atoms with Gasteiger partial charge in [-0.15, -0.1) is 0 Å². The van der Waals surface area contributed by atoms with Crippen molar-refractivity contribution in [3.05, 3.63) is 34.7 Å². The highest BCUT2D eigenvalue weighted by Crippen LogP contribution is 2.41. The van der Waals surface area contributed by atoms with Gasteiger partial charge in [0.15, 0.2) is 5.17 Å². The molecule has 0 N–H and O–H groups in total. The first-order valence-electron chi connectivity index (χ1n) is 7.53. The molecule has 23 heavy (non-hydrogen) atoms. The fourth-order valence-electron chi connectivity index (χ4n) is 2.50. The van der Waals surface area contributed by atoms with Gasteiger partial charge < -0.3 is 9.42 Å². The number of carbonyl (C=O) groups is 1. The number of para-hydroxylation sites is 1. The van der Waals surface area contributed by atoms with Crippen LogP contribution in [0.5, 0.6) is 5.75 Å². The molecule has 0 aliphatic carbocycles. The van der Waals surface area contributed by atoms with E-state index < -0.39 is 7.37 Å². The molecule has 0 spiro atoms. The lowest BCUT2D eigenvalue weighted by Crippen LogP contribution is -2.23. The van der Waals surface area contributed by atoms with E-state index in [4.69, 9.17) is 4.52 Å². The van der Waals surface area contributed by atoms with Gasteiger partial charge in [0.1, 0.15) is 5.75 Å². The van der Waals surface area contributed by atoms with E-state index in [9.17, 15) is 9.36 Å². The van der Waals surface area contributed by atoms with Crippen LogP contribution in [0.25, 0.3) is 6.08 Å². The van der Waals surface area contributed by atoms with Crippen LogP contribution in [-0.4, -0.2) is 42.4 Å². The molecule has 122 valence electrons. The summed E-state index contributed by atoms with van der Waals surface area (Å²) in [6, 6.07) is 7.29. The molecule has 0 unspecified atom stereocenters. The van der Waals surface area contributed by atoms with Gasteiger partial charge in [0.25, 0.3) is 5.91 Å². The lowest BCUT2D eigenvalue weighted by molar-refractivity contribution is -0.113. The first-order chi connectivity index (χ1) is 10.9. The smallest absolute Gasteiger partial charge is 0.286 e. The highest BCUT2D eigenvalue weighted by molar-refractivity contribution is 8.18. The maximum absolute atomic E-state index is 12.1. The van der Waals surface area contributed by atoms with E-state index >= 15 is 0 Å². The van der Waals surface area contributed by atoms with Crippen LogP contribution in [0.2, 0.25) is 0 Å². The van der Waals surface area contributed by atoms with Gasteiger partial charge in [0.05, 0.1) is 4.91 Å². The van der Waals surface area contributed by atoms with Crippen LogP contribution in [-0.2, 0) is 9.36 Å². The van der Waals surface area contributed by atoms with Gasteiger partial charge in [-0.1, -0.05) is 18.2 Å². The molecule has 2 aliphatic rings. The minimum absolute atomic E-state index is 0.220. The van der Waals surface area contributed by atoms with Gasteiger partial charge in [-0.2, -0.15) is 4.99 Å². The Morgan fingerprint density at radius 2 is 1.96 bits per heavy atom. The molecule has 0 radical (unpaired) electrons. The second-order valence-corrected chi connectivity index (χ2v) is 9.58. The number of likely N-dealkylation sites (tertiary alicyclic amines) is 1. The average Bonchev–Trinajstić information content (AvgIpc) is 3.10. The van der Waals surface area contributed by atoms with Crippen molar-refractivity contribution >= 4 is 36.3 Å². The third-order valence-electron chi connectivity index (χ3n) is 3.51. The van der Waals surface area contributed by atoms with Crippen LogP contribution in [0.3, 0.4) is 0 Å². The quantitative estimate of drug-likeness (QED) is 0.615. The van der Waals surface area contributed by atoms with Gasteiger partial charge in [-0.25, -0.2) is 0 Å². The molecule has 3 rings (SSSR count). The fourth-order valence-corrected chi connectivity index (χ4v) is 4.10. The van der Waals surface area contributed by atoms with Crippen LogP contribution in [0.15, 0.2) is 34.2 Å². The van der Waals surface area contributed by atoms with Crippen LogP contribution in [0.4, 0.5) is 0 Å². The lowest BCUT2D eigenvalue weighted by atomic mass is 10.2. The minimum Gasteiger partial charge on any atom is -0.443 e.